The van der Waals surface area contributed by atoms with E-state index < -0.39 is 0 Å². The summed E-state index contributed by atoms with van der Waals surface area (Å²) in [5, 5.41) is 4.98. The molecule has 2 fully saturated rings. The van der Waals surface area contributed by atoms with Crippen molar-refractivity contribution in [3.63, 3.8) is 0 Å². The smallest absolute Gasteiger partial charge is 0.226 e. The molecule has 3 amide bonds. The topological polar surface area (TPSA) is 92.3 Å². The number of amides is 3. The van der Waals surface area contributed by atoms with Crippen LogP contribution in [0.1, 0.15) is 39.5 Å². The molecule has 2 N–H and O–H groups in total. The minimum atomic E-state index is -0.329. The third-order valence-corrected chi connectivity index (χ3v) is 3.99. The van der Waals surface area contributed by atoms with Crippen molar-refractivity contribution in [2.45, 2.75) is 39.5 Å². The molecule has 0 radical (unpaired) electrons. The maximum absolute atomic E-state index is 12.1. The Labute approximate surface area is 123 Å². The molecule has 0 bridgehead atoms. The maximum Gasteiger partial charge on any atom is 0.226 e. The van der Waals surface area contributed by atoms with Gasteiger partial charge in [-0.05, 0) is 18.3 Å². The zero-order valence-electron chi connectivity index (χ0n) is 12.3. The number of hydrogen-bond acceptors (Lipinski definition) is 4. The lowest BCUT2D eigenvalue weighted by molar-refractivity contribution is -0.135. The van der Waals surface area contributed by atoms with E-state index in [1.54, 1.807) is 0 Å². The van der Waals surface area contributed by atoms with Crippen molar-refractivity contribution < 1.29 is 19.2 Å². The summed E-state index contributed by atoms with van der Waals surface area (Å²) in [4.78, 5) is 46.2. The third kappa shape index (κ3) is 4.00. The van der Waals surface area contributed by atoms with Crippen LogP contribution in [0.4, 0.5) is 0 Å². The van der Waals surface area contributed by atoms with Gasteiger partial charge in [-0.1, -0.05) is 13.8 Å². The van der Waals surface area contributed by atoms with E-state index in [4.69, 9.17) is 0 Å². The SMILES string of the molecule is CC1CC(C)/C(=C/C(=O)CC2CC(=O)NC(=O)C2)NC1=O. The summed E-state index contributed by atoms with van der Waals surface area (Å²) in [7, 11) is 0. The molecule has 6 nitrogen and oxygen atoms in total. The first-order valence-electron chi connectivity index (χ1n) is 7.23. The summed E-state index contributed by atoms with van der Waals surface area (Å²) >= 11 is 0. The molecule has 0 saturated carbocycles. The zero-order valence-corrected chi connectivity index (χ0v) is 12.3. The molecule has 2 unspecified atom stereocenters. The van der Waals surface area contributed by atoms with Gasteiger partial charge in [0.15, 0.2) is 5.78 Å². The van der Waals surface area contributed by atoms with E-state index in [0.29, 0.717) is 5.70 Å². The molecule has 0 aliphatic carbocycles. The van der Waals surface area contributed by atoms with E-state index >= 15 is 0 Å². The van der Waals surface area contributed by atoms with Gasteiger partial charge < -0.3 is 5.32 Å². The molecular formula is C15H20N2O4. The van der Waals surface area contributed by atoms with E-state index in [9.17, 15) is 19.2 Å². The molecule has 0 spiro atoms. The van der Waals surface area contributed by atoms with Crippen LogP contribution in [-0.4, -0.2) is 23.5 Å². The number of imide groups is 1. The molecular weight excluding hydrogens is 272 g/mol. The minimum absolute atomic E-state index is 0.0492. The van der Waals surface area contributed by atoms with Crippen molar-refractivity contribution in [1.82, 2.24) is 10.6 Å². The fourth-order valence-corrected chi connectivity index (χ4v) is 2.85. The number of piperidine rings is 2. The van der Waals surface area contributed by atoms with Crippen LogP contribution in [0, 0.1) is 17.8 Å². The molecule has 114 valence electrons. The highest BCUT2D eigenvalue weighted by Gasteiger charge is 2.29. The quantitative estimate of drug-likeness (QED) is 0.591. The van der Waals surface area contributed by atoms with Gasteiger partial charge in [0.25, 0.3) is 0 Å². The van der Waals surface area contributed by atoms with Crippen molar-refractivity contribution >= 4 is 23.5 Å². The van der Waals surface area contributed by atoms with Crippen LogP contribution in [0.3, 0.4) is 0 Å². The number of carbonyl (C=O) groups excluding carboxylic acids is 4. The standard InChI is InChI=1S/C15H20N2O4/c1-8-3-9(2)15(21)16-12(8)7-11(18)4-10-5-13(19)17-14(20)6-10/h7-10H,3-6H2,1-2H3,(H,16,21)(H,17,19,20)/b12-7-. The predicted octanol–water partition coefficient (Wildman–Crippen LogP) is 0.674. The van der Waals surface area contributed by atoms with Crippen LogP contribution in [0.25, 0.3) is 0 Å². The molecule has 0 aromatic heterocycles. The molecule has 2 aliphatic heterocycles. The second-order valence-corrected chi connectivity index (χ2v) is 6.04. The Balaban J connectivity index is 1.97. The maximum atomic E-state index is 12.1. The number of rotatable bonds is 3. The summed E-state index contributed by atoms with van der Waals surface area (Å²) < 4.78 is 0. The van der Waals surface area contributed by atoms with Gasteiger partial charge in [0.1, 0.15) is 0 Å². The Morgan fingerprint density at radius 2 is 1.71 bits per heavy atom. The van der Waals surface area contributed by atoms with E-state index in [2.05, 4.69) is 10.6 Å². The molecule has 0 aromatic carbocycles. The number of allylic oxidation sites excluding steroid dienone is 2. The van der Waals surface area contributed by atoms with E-state index in [0.717, 1.165) is 6.42 Å². The molecule has 6 heteroatoms. The van der Waals surface area contributed by atoms with Crippen molar-refractivity contribution in [2.75, 3.05) is 0 Å². The Morgan fingerprint density at radius 1 is 1.10 bits per heavy atom. The van der Waals surface area contributed by atoms with Gasteiger partial charge in [-0.25, -0.2) is 0 Å². The summed E-state index contributed by atoms with van der Waals surface area (Å²) in [6.45, 7) is 3.82. The van der Waals surface area contributed by atoms with E-state index in [1.807, 2.05) is 13.8 Å². The lowest BCUT2D eigenvalue weighted by atomic mass is 9.87. The first-order valence-corrected chi connectivity index (χ1v) is 7.23. The van der Waals surface area contributed by atoms with Gasteiger partial charge in [-0.3, -0.25) is 24.5 Å². The highest BCUT2D eigenvalue weighted by molar-refractivity contribution is 5.99. The van der Waals surface area contributed by atoms with Gasteiger partial charge in [0.05, 0.1) is 0 Å². The number of hydrogen-bond donors (Lipinski definition) is 2. The Hall–Kier alpha value is -1.98. The van der Waals surface area contributed by atoms with Crippen molar-refractivity contribution in [3.05, 3.63) is 11.8 Å². The Bertz CT molecular complexity index is 508. The molecule has 2 rings (SSSR count). The van der Waals surface area contributed by atoms with Crippen LogP contribution in [0.5, 0.6) is 0 Å². The monoisotopic (exact) mass is 292 g/mol. The first-order chi connectivity index (χ1) is 9.85. The highest BCUT2D eigenvalue weighted by Crippen LogP contribution is 2.25. The molecule has 2 atom stereocenters. The summed E-state index contributed by atoms with van der Waals surface area (Å²) in [5.74, 6) is -1.05. The molecule has 21 heavy (non-hydrogen) atoms. The normalized spacial score (nSPS) is 29.2. The fraction of sp³-hybridized carbons (Fsp3) is 0.600. The first kappa shape index (κ1) is 15.4. The lowest BCUT2D eigenvalue weighted by Gasteiger charge is -2.27. The van der Waals surface area contributed by atoms with Crippen LogP contribution in [-0.2, 0) is 19.2 Å². The van der Waals surface area contributed by atoms with Crippen molar-refractivity contribution in [1.29, 1.82) is 0 Å². The summed E-state index contributed by atoms with van der Waals surface area (Å²) in [6.07, 6.45) is 2.71. The largest absolute Gasteiger partial charge is 0.329 e. The fourth-order valence-electron chi connectivity index (χ4n) is 2.85. The second kappa shape index (κ2) is 6.20. The number of nitrogens with one attached hydrogen (secondary N) is 2. The number of ketones is 1. The zero-order chi connectivity index (χ0) is 15.6. The van der Waals surface area contributed by atoms with Crippen molar-refractivity contribution in [3.8, 4) is 0 Å². The predicted molar refractivity (Wildman–Crippen MR) is 74.7 cm³/mol. The molecule has 2 saturated heterocycles. The average Bonchev–Trinajstić information content (AvgIpc) is 2.34. The van der Waals surface area contributed by atoms with Crippen LogP contribution >= 0.6 is 0 Å². The van der Waals surface area contributed by atoms with Gasteiger partial charge in [-0.2, -0.15) is 0 Å². The summed E-state index contributed by atoms with van der Waals surface area (Å²) in [5.41, 5.74) is 0.634. The van der Waals surface area contributed by atoms with E-state index in [1.165, 1.54) is 6.08 Å². The van der Waals surface area contributed by atoms with Gasteiger partial charge in [0.2, 0.25) is 17.7 Å². The molecule has 0 aromatic rings. The van der Waals surface area contributed by atoms with Crippen LogP contribution in [0.15, 0.2) is 11.8 Å². The Morgan fingerprint density at radius 3 is 2.33 bits per heavy atom. The van der Waals surface area contributed by atoms with E-state index in [-0.39, 0.29) is 60.5 Å². The van der Waals surface area contributed by atoms with Gasteiger partial charge >= 0.3 is 0 Å². The second-order valence-electron chi connectivity index (χ2n) is 6.04. The third-order valence-electron chi connectivity index (χ3n) is 3.99. The summed E-state index contributed by atoms with van der Waals surface area (Å²) in [6, 6.07) is 0. The van der Waals surface area contributed by atoms with Crippen molar-refractivity contribution in [2.24, 2.45) is 17.8 Å². The minimum Gasteiger partial charge on any atom is -0.329 e. The average molecular weight is 292 g/mol. The van der Waals surface area contributed by atoms with Crippen LogP contribution in [0.2, 0.25) is 0 Å². The van der Waals surface area contributed by atoms with Gasteiger partial charge in [0, 0.05) is 37.0 Å². The lowest BCUT2D eigenvalue weighted by Crippen LogP contribution is -2.39. The Kier molecular flexibility index (Phi) is 4.55. The van der Waals surface area contributed by atoms with Gasteiger partial charge in [-0.15, -0.1) is 0 Å². The number of carbonyl (C=O) groups is 4. The highest BCUT2D eigenvalue weighted by atomic mass is 16.2. The van der Waals surface area contributed by atoms with Crippen LogP contribution < -0.4 is 10.6 Å². The molecule has 2 heterocycles. The molecule has 2 aliphatic rings.